The summed E-state index contributed by atoms with van der Waals surface area (Å²) in [7, 11) is 0. The highest BCUT2D eigenvalue weighted by molar-refractivity contribution is 5.95. The molecule has 3 rings (SSSR count). The number of carbonyl (C=O) groups excluding carboxylic acids is 1. The van der Waals surface area contributed by atoms with Gasteiger partial charge in [0.15, 0.2) is 0 Å². The van der Waals surface area contributed by atoms with Gasteiger partial charge < -0.3 is 15.8 Å². The van der Waals surface area contributed by atoms with Crippen molar-refractivity contribution < 1.29 is 13.9 Å². The smallest absolute Gasteiger partial charge is 0.245 e. The van der Waals surface area contributed by atoms with Gasteiger partial charge in [0.25, 0.3) is 0 Å². The third kappa shape index (κ3) is 3.66. The second-order valence-electron chi connectivity index (χ2n) is 7.38. The maximum Gasteiger partial charge on any atom is 0.245 e. The highest BCUT2D eigenvalue weighted by Gasteiger charge is 2.21. The monoisotopic (exact) mass is 342 g/mol. The molecule has 0 saturated carbocycles. The number of ether oxygens (including phenoxy) is 1. The van der Waals surface area contributed by atoms with E-state index < -0.39 is 6.04 Å². The number of hydrogen-bond acceptors (Lipinski definition) is 3. The summed E-state index contributed by atoms with van der Waals surface area (Å²) in [5.41, 5.74) is 8.55. The summed E-state index contributed by atoms with van der Waals surface area (Å²) < 4.78 is 19.7. The number of amides is 1. The fraction of sp³-hybridized carbons (Fsp3) is 0.350. The summed E-state index contributed by atoms with van der Waals surface area (Å²) in [5, 5.41) is 2.69. The lowest BCUT2D eigenvalue weighted by Crippen LogP contribution is -2.28. The van der Waals surface area contributed by atoms with E-state index in [2.05, 4.69) is 5.32 Å². The maximum absolute atomic E-state index is 14.3. The second kappa shape index (κ2) is 6.48. The minimum Gasteiger partial charge on any atom is -0.493 e. The normalized spacial score (nSPS) is 14.6. The van der Waals surface area contributed by atoms with E-state index >= 15 is 0 Å². The lowest BCUT2D eigenvalue weighted by atomic mass is 9.86. The molecule has 1 amide bonds. The first-order valence-corrected chi connectivity index (χ1v) is 8.38. The first-order chi connectivity index (χ1) is 11.8. The van der Waals surface area contributed by atoms with Crippen molar-refractivity contribution >= 4 is 11.6 Å². The summed E-state index contributed by atoms with van der Waals surface area (Å²) in [6.45, 7) is 6.48. The van der Waals surface area contributed by atoms with Crippen LogP contribution in [0.5, 0.6) is 5.75 Å². The molecule has 4 nitrogen and oxygen atoms in total. The predicted molar refractivity (Wildman–Crippen MR) is 96.3 cm³/mol. The van der Waals surface area contributed by atoms with Crippen LogP contribution in [-0.2, 0) is 16.6 Å². The largest absolute Gasteiger partial charge is 0.493 e. The van der Waals surface area contributed by atoms with Crippen molar-refractivity contribution in [3.63, 3.8) is 0 Å². The van der Waals surface area contributed by atoms with Gasteiger partial charge in [0, 0.05) is 12.1 Å². The SMILES string of the molecule is CC(C)(C)c1ccc(NC(=O)C(N)c2ccc3c(c2)CCO3)cc1F. The lowest BCUT2D eigenvalue weighted by Gasteiger charge is -2.20. The molecule has 1 unspecified atom stereocenters. The maximum atomic E-state index is 14.3. The Morgan fingerprint density at radius 3 is 2.68 bits per heavy atom. The predicted octanol–water partition coefficient (Wildman–Crippen LogP) is 3.70. The zero-order valence-electron chi connectivity index (χ0n) is 14.7. The van der Waals surface area contributed by atoms with Crippen LogP contribution in [0, 0.1) is 5.82 Å². The lowest BCUT2D eigenvalue weighted by molar-refractivity contribution is -0.117. The summed E-state index contributed by atoms with van der Waals surface area (Å²) in [4.78, 5) is 12.4. The quantitative estimate of drug-likeness (QED) is 0.894. The molecule has 0 saturated heterocycles. The van der Waals surface area contributed by atoms with Gasteiger partial charge in [-0.25, -0.2) is 4.39 Å². The Balaban J connectivity index is 1.74. The minimum atomic E-state index is -0.823. The number of fused-ring (bicyclic) bond motifs is 1. The van der Waals surface area contributed by atoms with Gasteiger partial charge >= 0.3 is 0 Å². The molecule has 0 bridgehead atoms. The van der Waals surface area contributed by atoms with Crippen LogP contribution in [0.15, 0.2) is 36.4 Å². The van der Waals surface area contributed by atoms with Gasteiger partial charge in [-0.1, -0.05) is 32.9 Å². The zero-order chi connectivity index (χ0) is 18.2. The number of rotatable bonds is 3. The van der Waals surface area contributed by atoms with Crippen LogP contribution in [0.1, 0.15) is 43.5 Å². The fourth-order valence-electron chi connectivity index (χ4n) is 2.97. The van der Waals surface area contributed by atoms with E-state index in [0.717, 1.165) is 17.7 Å². The average Bonchev–Trinajstić information content (AvgIpc) is 3.00. The number of nitrogens with two attached hydrogens (primary N) is 1. The molecular formula is C20H23FN2O2. The van der Waals surface area contributed by atoms with Crippen molar-refractivity contribution in [2.75, 3.05) is 11.9 Å². The molecule has 25 heavy (non-hydrogen) atoms. The molecule has 0 spiro atoms. The third-order valence-electron chi connectivity index (χ3n) is 4.40. The number of benzene rings is 2. The Hall–Kier alpha value is -2.40. The van der Waals surface area contributed by atoms with Crippen LogP contribution in [0.2, 0.25) is 0 Å². The standard InChI is InChI=1S/C20H23FN2O2/c1-20(2,3)15-6-5-14(11-16(15)21)23-19(24)18(22)13-4-7-17-12(10-13)8-9-25-17/h4-7,10-11,18H,8-9,22H2,1-3H3,(H,23,24). The molecule has 1 atom stereocenters. The summed E-state index contributed by atoms with van der Waals surface area (Å²) in [6.07, 6.45) is 0.816. The fourth-order valence-corrected chi connectivity index (χ4v) is 2.97. The van der Waals surface area contributed by atoms with Crippen LogP contribution in [0.4, 0.5) is 10.1 Å². The molecular weight excluding hydrogens is 319 g/mol. The minimum absolute atomic E-state index is 0.296. The van der Waals surface area contributed by atoms with Crippen molar-refractivity contribution in [2.24, 2.45) is 5.73 Å². The number of nitrogens with one attached hydrogen (secondary N) is 1. The highest BCUT2D eigenvalue weighted by atomic mass is 19.1. The first-order valence-electron chi connectivity index (χ1n) is 8.38. The summed E-state index contributed by atoms with van der Waals surface area (Å²) in [6, 6.07) is 9.43. The zero-order valence-corrected chi connectivity index (χ0v) is 14.7. The van der Waals surface area contributed by atoms with Crippen LogP contribution in [0.25, 0.3) is 0 Å². The molecule has 1 aliphatic rings. The Labute approximate surface area is 147 Å². The van der Waals surface area contributed by atoms with Gasteiger partial charge in [-0.3, -0.25) is 4.79 Å². The van der Waals surface area contributed by atoms with Gasteiger partial charge in [0.2, 0.25) is 5.91 Å². The van der Waals surface area contributed by atoms with Gasteiger partial charge in [0.1, 0.15) is 17.6 Å². The van der Waals surface area contributed by atoms with Crippen molar-refractivity contribution in [3.05, 3.63) is 58.9 Å². The Bertz CT molecular complexity index is 812. The van der Waals surface area contributed by atoms with Gasteiger partial charge in [0.05, 0.1) is 6.61 Å². The van der Waals surface area contributed by atoms with E-state index in [1.165, 1.54) is 6.07 Å². The van der Waals surface area contributed by atoms with Crippen LogP contribution < -0.4 is 15.8 Å². The van der Waals surface area contributed by atoms with Crippen LogP contribution in [0.3, 0.4) is 0 Å². The highest BCUT2D eigenvalue weighted by Crippen LogP contribution is 2.29. The molecule has 0 radical (unpaired) electrons. The van der Waals surface area contributed by atoms with Crippen molar-refractivity contribution in [1.82, 2.24) is 0 Å². The molecule has 0 aromatic heterocycles. The van der Waals surface area contributed by atoms with Crippen LogP contribution >= 0.6 is 0 Å². The molecule has 2 aromatic carbocycles. The van der Waals surface area contributed by atoms with Crippen molar-refractivity contribution in [3.8, 4) is 5.75 Å². The Morgan fingerprint density at radius 2 is 2.00 bits per heavy atom. The van der Waals surface area contributed by atoms with E-state index in [1.54, 1.807) is 18.2 Å². The number of halogens is 1. The number of anilines is 1. The van der Waals surface area contributed by atoms with Crippen LogP contribution in [-0.4, -0.2) is 12.5 Å². The Kier molecular flexibility index (Phi) is 4.52. The summed E-state index contributed by atoms with van der Waals surface area (Å²) in [5.74, 6) is 0.131. The first kappa shape index (κ1) is 17.4. The molecule has 1 heterocycles. The van der Waals surface area contributed by atoms with Crippen molar-refractivity contribution in [2.45, 2.75) is 38.6 Å². The van der Waals surface area contributed by atoms with E-state index in [9.17, 15) is 9.18 Å². The molecule has 2 aromatic rings. The van der Waals surface area contributed by atoms with E-state index in [1.807, 2.05) is 32.9 Å². The van der Waals surface area contributed by atoms with E-state index in [-0.39, 0.29) is 17.1 Å². The third-order valence-corrected chi connectivity index (χ3v) is 4.40. The molecule has 0 aliphatic carbocycles. The Morgan fingerprint density at radius 1 is 1.24 bits per heavy atom. The molecule has 3 N–H and O–H groups in total. The molecule has 5 heteroatoms. The molecule has 1 aliphatic heterocycles. The topological polar surface area (TPSA) is 64.4 Å². The van der Waals surface area contributed by atoms with Gasteiger partial charge in [-0.2, -0.15) is 0 Å². The second-order valence-corrected chi connectivity index (χ2v) is 7.38. The van der Waals surface area contributed by atoms with Gasteiger partial charge in [-0.15, -0.1) is 0 Å². The van der Waals surface area contributed by atoms with Gasteiger partial charge in [-0.05, 0) is 46.4 Å². The summed E-state index contributed by atoms with van der Waals surface area (Å²) >= 11 is 0. The average molecular weight is 342 g/mol. The molecule has 0 fully saturated rings. The van der Waals surface area contributed by atoms with E-state index in [0.29, 0.717) is 23.4 Å². The van der Waals surface area contributed by atoms with Crippen molar-refractivity contribution in [1.29, 1.82) is 0 Å². The number of carbonyl (C=O) groups is 1. The number of hydrogen-bond donors (Lipinski definition) is 2. The molecule has 132 valence electrons. The van der Waals surface area contributed by atoms with E-state index in [4.69, 9.17) is 10.5 Å².